The van der Waals surface area contributed by atoms with Gasteiger partial charge in [0.1, 0.15) is 0 Å². The minimum Gasteiger partial charge on any atom is -0.409 e. The van der Waals surface area contributed by atoms with Gasteiger partial charge >= 0.3 is 17.3 Å². The average Bonchev–Trinajstić information content (AvgIpc) is 2.54. The first-order valence-corrected chi connectivity index (χ1v) is 8.13. The molecule has 25 heavy (non-hydrogen) atoms. The Labute approximate surface area is 145 Å². The van der Waals surface area contributed by atoms with Gasteiger partial charge in [0.05, 0.1) is 9.85 Å². The Hall–Kier alpha value is -2.77. The zero-order valence-corrected chi connectivity index (χ0v) is 14.6. The second-order valence-electron chi connectivity index (χ2n) is 5.72. The van der Waals surface area contributed by atoms with Crippen LogP contribution >= 0.6 is 0 Å². The standard InChI is InChI=1S/C17H22N2O6/c1-4-6-7-9-12(3)13-10-14(18(21)22)17(15(11-13)19(23)24)25-16(20)8-5-2/h5,8,10-12H,4,6-7,9H2,1-3H3/b8-5+. The molecule has 0 fully saturated rings. The fourth-order valence-electron chi connectivity index (χ4n) is 2.42. The number of hydrogen-bond acceptors (Lipinski definition) is 6. The molecule has 0 radical (unpaired) electrons. The molecule has 1 atom stereocenters. The number of nitro groups is 2. The number of unbranched alkanes of at least 4 members (excludes halogenated alkanes) is 2. The molecule has 1 aromatic rings. The van der Waals surface area contributed by atoms with Crippen LogP contribution in [-0.4, -0.2) is 15.8 Å². The second kappa shape index (κ2) is 9.51. The lowest BCUT2D eigenvalue weighted by atomic mass is 9.94. The van der Waals surface area contributed by atoms with Gasteiger partial charge in [0, 0.05) is 18.2 Å². The maximum atomic E-state index is 11.6. The SMILES string of the molecule is C/C=C/C(=O)Oc1c([N+](=O)[O-])cc(C(C)CCCCC)cc1[N+](=O)[O-]. The number of carbonyl (C=O) groups excluding carboxylic acids is 1. The van der Waals surface area contributed by atoms with Gasteiger partial charge in [0.2, 0.25) is 0 Å². The molecule has 0 aliphatic carbocycles. The fraction of sp³-hybridized carbons (Fsp3) is 0.471. The number of hydrogen-bond donors (Lipinski definition) is 0. The van der Waals surface area contributed by atoms with E-state index in [0.717, 1.165) is 31.8 Å². The number of allylic oxidation sites excluding steroid dienone is 1. The van der Waals surface area contributed by atoms with E-state index in [1.807, 2.05) is 6.92 Å². The van der Waals surface area contributed by atoms with Crippen molar-refractivity contribution in [3.63, 3.8) is 0 Å². The summed E-state index contributed by atoms with van der Waals surface area (Å²) in [5.41, 5.74) is -0.672. The molecule has 1 unspecified atom stereocenters. The Morgan fingerprint density at radius 1 is 1.20 bits per heavy atom. The van der Waals surface area contributed by atoms with Crippen molar-refractivity contribution in [2.45, 2.75) is 52.4 Å². The van der Waals surface area contributed by atoms with Crippen LogP contribution in [0.2, 0.25) is 0 Å². The molecule has 0 bridgehead atoms. The molecule has 0 amide bonds. The van der Waals surface area contributed by atoms with Crippen LogP contribution in [0.1, 0.15) is 57.9 Å². The normalized spacial score (nSPS) is 12.1. The summed E-state index contributed by atoms with van der Waals surface area (Å²) in [4.78, 5) is 32.8. The van der Waals surface area contributed by atoms with Gasteiger partial charge in [-0.1, -0.05) is 39.2 Å². The van der Waals surface area contributed by atoms with Crippen molar-refractivity contribution in [3.8, 4) is 5.75 Å². The molecular weight excluding hydrogens is 328 g/mol. The van der Waals surface area contributed by atoms with Crippen LogP contribution in [0, 0.1) is 20.2 Å². The molecule has 1 aromatic carbocycles. The topological polar surface area (TPSA) is 113 Å². The van der Waals surface area contributed by atoms with Gasteiger partial charge < -0.3 is 4.74 Å². The molecule has 0 saturated carbocycles. The molecule has 0 heterocycles. The molecule has 0 N–H and O–H groups in total. The van der Waals surface area contributed by atoms with E-state index >= 15 is 0 Å². The fourth-order valence-corrected chi connectivity index (χ4v) is 2.42. The van der Waals surface area contributed by atoms with Gasteiger partial charge in [-0.2, -0.15) is 0 Å². The third kappa shape index (κ3) is 5.66. The monoisotopic (exact) mass is 350 g/mol. The highest BCUT2D eigenvalue weighted by molar-refractivity contribution is 5.86. The smallest absolute Gasteiger partial charge is 0.336 e. The van der Waals surface area contributed by atoms with Crippen molar-refractivity contribution in [1.29, 1.82) is 0 Å². The van der Waals surface area contributed by atoms with E-state index in [1.54, 1.807) is 6.92 Å². The Morgan fingerprint density at radius 3 is 2.20 bits per heavy atom. The van der Waals surface area contributed by atoms with Crippen molar-refractivity contribution in [2.24, 2.45) is 0 Å². The summed E-state index contributed by atoms with van der Waals surface area (Å²) >= 11 is 0. The third-order valence-corrected chi connectivity index (χ3v) is 3.78. The molecular formula is C17H22N2O6. The van der Waals surface area contributed by atoms with Gasteiger partial charge in [0.15, 0.2) is 0 Å². The highest BCUT2D eigenvalue weighted by Crippen LogP contribution is 2.40. The lowest BCUT2D eigenvalue weighted by Gasteiger charge is -2.13. The lowest BCUT2D eigenvalue weighted by molar-refractivity contribution is -0.395. The van der Waals surface area contributed by atoms with Crippen molar-refractivity contribution in [3.05, 3.63) is 50.1 Å². The zero-order valence-electron chi connectivity index (χ0n) is 14.6. The summed E-state index contributed by atoms with van der Waals surface area (Å²) in [6, 6.07) is 2.50. The van der Waals surface area contributed by atoms with Crippen LogP contribution in [0.4, 0.5) is 11.4 Å². The first-order valence-electron chi connectivity index (χ1n) is 8.13. The number of nitro benzene ring substituents is 2. The predicted molar refractivity (Wildman–Crippen MR) is 92.8 cm³/mol. The van der Waals surface area contributed by atoms with Crippen LogP contribution in [0.15, 0.2) is 24.3 Å². The molecule has 8 nitrogen and oxygen atoms in total. The van der Waals surface area contributed by atoms with Crippen LogP contribution in [0.3, 0.4) is 0 Å². The van der Waals surface area contributed by atoms with Crippen molar-refractivity contribution >= 4 is 17.3 Å². The Morgan fingerprint density at radius 2 is 1.76 bits per heavy atom. The van der Waals surface area contributed by atoms with Crippen LogP contribution < -0.4 is 4.74 Å². The van der Waals surface area contributed by atoms with E-state index in [2.05, 4.69) is 6.92 Å². The highest BCUT2D eigenvalue weighted by atomic mass is 16.6. The predicted octanol–water partition coefficient (Wildman–Crippen LogP) is 4.67. The molecule has 0 saturated heterocycles. The quantitative estimate of drug-likeness (QED) is 0.160. The summed E-state index contributed by atoms with van der Waals surface area (Å²) in [7, 11) is 0. The van der Waals surface area contributed by atoms with Gasteiger partial charge in [-0.15, -0.1) is 0 Å². The third-order valence-electron chi connectivity index (χ3n) is 3.78. The van der Waals surface area contributed by atoms with E-state index in [0.29, 0.717) is 5.56 Å². The summed E-state index contributed by atoms with van der Waals surface area (Å²) in [5.74, 6) is -1.62. The molecule has 136 valence electrons. The number of benzene rings is 1. The van der Waals surface area contributed by atoms with Crippen LogP contribution in [-0.2, 0) is 4.79 Å². The number of rotatable bonds is 9. The largest absolute Gasteiger partial charge is 0.409 e. The summed E-state index contributed by atoms with van der Waals surface area (Å²) in [6.45, 7) is 5.49. The molecule has 8 heteroatoms. The Balaban J connectivity index is 3.34. The highest BCUT2D eigenvalue weighted by Gasteiger charge is 2.31. The molecule has 0 spiro atoms. The van der Waals surface area contributed by atoms with Crippen molar-refractivity contribution < 1.29 is 19.4 Å². The summed E-state index contributed by atoms with van der Waals surface area (Å²) in [5, 5.41) is 22.7. The average molecular weight is 350 g/mol. The van der Waals surface area contributed by atoms with E-state index in [9.17, 15) is 25.0 Å². The molecule has 0 aliphatic heterocycles. The van der Waals surface area contributed by atoms with E-state index in [4.69, 9.17) is 4.74 Å². The minimum atomic E-state index is -0.905. The van der Waals surface area contributed by atoms with Crippen LogP contribution in [0.25, 0.3) is 0 Å². The number of ether oxygens (including phenoxy) is 1. The van der Waals surface area contributed by atoms with Gasteiger partial charge in [-0.3, -0.25) is 20.2 Å². The van der Waals surface area contributed by atoms with E-state index in [1.165, 1.54) is 18.2 Å². The van der Waals surface area contributed by atoms with Gasteiger partial charge in [0.25, 0.3) is 5.75 Å². The summed E-state index contributed by atoms with van der Waals surface area (Å²) in [6.07, 6.45) is 6.16. The number of nitrogens with zero attached hydrogens (tertiary/aromatic N) is 2. The maximum absolute atomic E-state index is 11.6. The molecule has 1 rings (SSSR count). The van der Waals surface area contributed by atoms with Gasteiger partial charge in [-0.25, -0.2) is 4.79 Å². The number of carbonyl (C=O) groups is 1. The lowest BCUT2D eigenvalue weighted by Crippen LogP contribution is -2.09. The minimum absolute atomic E-state index is 0.0794. The summed E-state index contributed by atoms with van der Waals surface area (Å²) < 4.78 is 4.86. The Kier molecular flexibility index (Phi) is 7.71. The second-order valence-corrected chi connectivity index (χ2v) is 5.72. The van der Waals surface area contributed by atoms with Gasteiger partial charge in [-0.05, 0) is 24.8 Å². The van der Waals surface area contributed by atoms with Crippen molar-refractivity contribution in [2.75, 3.05) is 0 Å². The molecule has 0 aliphatic rings. The number of esters is 1. The zero-order chi connectivity index (χ0) is 19.0. The van der Waals surface area contributed by atoms with Crippen molar-refractivity contribution in [1.82, 2.24) is 0 Å². The van der Waals surface area contributed by atoms with Crippen LogP contribution in [0.5, 0.6) is 5.75 Å². The van der Waals surface area contributed by atoms with E-state index < -0.39 is 32.9 Å². The Bertz CT molecular complexity index is 649. The maximum Gasteiger partial charge on any atom is 0.336 e. The van der Waals surface area contributed by atoms with E-state index in [-0.39, 0.29) is 5.92 Å². The molecule has 0 aromatic heterocycles. The first kappa shape index (κ1) is 20.3. The first-order chi connectivity index (χ1) is 11.8.